The quantitative estimate of drug-likeness (QED) is 0.935. The van der Waals surface area contributed by atoms with E-state index in [1.807, 2.05) is 67.6 Å². The first-order valence-corrected chi connectivity index (χ1v) is 7.17. The molecule has 0 radical (unpaired) electrons. The highest BCUT2D eigenvalue weighted by Crippen LogP contribution is 2.43. The smallest absolute Gasteiger partial charge is 0.162 e. The fourth-order valence-electron chi connectivity index (χ4n) is 3.12. The van der Waals surface area contributed by atoms with Crippen LogP contribution in [0.1, 0.15) is 18.1 Å². The molecule has 2 aromatic carbocycles. The maximum atomic E-state index is 12.3. The van der Waals surface area contributed by atoms with Crippen molar-refractivity contribution >= 4 is 5.78 Å². The van der Waals surface area contributed by atoms with Gasteiger partial charge in [0.15, 0.2) is 5.78 Å². The van der Waals surface area contributed by atoms with Crippen LogP contribution in [0.15, 0.2) is 72.3 Å². The number of benzene rings is 2. The molecule has 1 aliphatic carbocycles. The highest BCUT2D eigenvalue weighted by atomic mass is 16.3. The van der Waals surface area contributed by atoms with Gasteiger partial charge < -0.3 is 5.11 Å². The maximum absolute atomic E-state index is 12.3. The van der Waals surface area contributed by atoms with Crippen molar-refractivity contribution in [3.8, 4) is 0 Å². The third-order valence-corrected chi connectivity index (χ3v) is 4.30. The van der Waals surface area contributed by atoms with Crippen molar-refractivity contribution in [3.05, 3.63) is 83.4 Å². The number of rotatable bonds is 3. The molecule has 1 N–H and O–H groups in total. The van der Waals surface area contributed by atoms with E-state index in [1.54, 1.807) is 6.08 Å². The molecule has 21 heavy (non-hydrogen) atoms. The van der Waals surface area contributed by atoms with E-state index in [-0.39, 0.29) is 5.78 Å². The lowest BCUT2D eigenvalue weighted by Crippen LogP contribution is -2.37. The van der Waals surface area contributed by atoms with Gasteiger partial charge in [-0.2, -0.15) is 0 Å². The van der Waals surface area contributed by atoms with E-state index >= 15 is 0 Å². The van der Waals surface area contributed by atoms with Gasteiger partial charge in [0.05, 0.1) is 5.92 Å². The molecule has 2 unspecified atom stereocenters. The zero-order valence-corrected chi connectivity index (χ0v) is 12.0. The largest absolute Gasteiger partial charge is 0.380 e. The van der Waals surface area contributed by atoms with Gasteiger partial charge in [-0.1, -0.05) is 60.7 Å². The van der Waals surface area contributed by atoms with Crippen LogP contribution in [0.3, 0.4) is 0 Å². The van der Waals surface area contributed by atoms with Gasteiger partial charge >= 0.3 is 0 Å². The normalized spacial score (nSPS) is 25.0. The first-order valence-electron chi connectivity index (χ1n) is 7.17. The van der Waals surface area contributed by atoms with E-state index in [9.17, 15) is 9.90 Å². The van der Waals surface area contributed by atoms with Crippen LogP contribution in [0, 0.1) is 5.92 Å². The molecule has 3 rings (SSSR count). The summed E-state index contributed by atoms with van der Waals surface area (Å²) in [6.07, 6.45) is 2.12. The minimum atomic E-state index is -1.20. The molecule has 0 amide bonds. The molecule has 0 bridgehead atoms. The Morgan fingerprint density at radius 3 is 2.19 bits per heavy atom. The first kappa shape index (κ1) is 13.8. The fourth-order valence-corrected chi connectivity index (χ4v) is 3.12. The molecule has 2 heteroatoms. The fraction of sp³-hybridized carbons (Fsp3) is 0.211. The van der Waals surface area contributed by atoms with Gasteiger partial charge in [-0.05, 0) is 36.1 Å². The van der Waals surface area contributed by atoms with E-state index in [0.29, 0.717) is 6.42 Å². The van der Waals surface area contributed by atoms with Crippen molar-refractivity contribution in [2.24, 2.45) is 5.92 Å². The molecule has 0 aromatic heterocycles. The molecule has 0 saturated carbocycles. The number of aliphatic hydroxyl groups is 1. The van der Waals surface area contributed by atoms with Crippen LogP contribution in [0.4, 0.5) is 0 Å². The second kappa shape index (κ2) is 5.30. The van der Waals surface area contributed by atoms with Crippen LogP contribution in [0.5, 0.6) is 0 Å². The molecule has 1 aliphatic rings. The third kappa shape index (κ3) is 2.32. The number of carbonyl (C=O) groups is 1. The zero-order chi connectivity index (χ0) is 14.9. The Morgan fingerprint density at radius 1 is 1.00 bits per heavy atom. The van der Waals surface area contributed by atoms with Crippen LogP contribution >= 0.6 is 0 Å². The predicted molar refractivity (Wildman–Crippen MR) is 82.7 cm³/mol. The van der Waals surface area contributed by atoms with Gasteiger partial charge in [-0.25, -0.2) is 0 Å². The van der Waals surface area contributed by atoms with E-state index in [0.717, 1.165) is 16.7 Å². The summed E-state index contributed by atoms with van der Waals surface area (Å²) >= 11 is 0. The van der Waals surface area contributed by atoms with Gasteiger partial charge in [0, 0.05) is 0 Å². The van der Waals surface area contributed by atoms with Gasteiger partial charge in [0.1, 0.15) is 5.60 Å². The van der Waals surface area contributed by atoms with Crippen molar-refractivity contribution in [3.63, 3.8) is 0 Å². The second-order valence-corrected chi connectivity index (χ2v) is 5.60. The molecule has 0 spiro atoms. The molecule has 0 aliphatic heterocycles. The predicted octanol–water partition coefficient (Wildman–Crippen LogP) is 3.26. The molecular formula is C19H18O2. The maximum Gasteiger partial charge on any atom is 0.162 e. The Kier molecular flexibility index (Phi) is 3.48. The standard InChI is InChI=1S/C19H18O2/c1-14-12-18(20)17(13-15-8-4-2-5-9-15)19(14,21)16-10-6-3-7-11-16/h2-12,17,21H,13H2,1H3. The van der Waals surface area contributed by atoms with Crippen LogP contribution in [-0.2, 0) is 16.8 Å². The highest BCUT2D eigenvalue weighted by molar-refractivity contribution is 5.97. The van der Waals surface area contributed by atoms with Crippen molar-refractivity contribution in [2.45, 2.75) is 18.9 Å². The lowest BCUT2D eigenvalue weighted by molar-refractivity contribution is -0.123. The average molecular weight is 278 g/mol. The third-order valence-electron chi connectivity index (χ3n) is 4.30. The number of hydrogen-bond donors (Lipinski definition) is 1. The summed E-state index contributed by atoms with van der Waals surface area (Å²) in [5.74, 6) is -0.454. The Balaban J connectivity index is 2.00. The molecule has 0 fully saturated rings. The van der Waals surface area contributed by atoms with Gasteiger partial charge in [0.2, 0.25) is 0 Å². The topological polar surface area (TPSA) is 37.3 Å². The Hall–Kier alpha value is -2.19. The van der Waals surface area contributed by atoms with E-state index in [2.05, 4.69) is 0 Å². The summed E-state index contributed by atoms with van der Waals surface area (Å²) in [7, 11) is 0. The molecule has 2 atom stereocenters. The summed E-state index contributed by atoms with van der Waals surface area (Å²) in [6, 6.07) is 19.3. The molecule has 106 valence electrons. The van der Waals surface area contributed by atoms with Crippen LogP contribution < -0.4 is 0 Å². The second-order valence-electron chi connectivity index (χ2n) is 5.60. The van der Waals surface area contributed by atoms with Crippen LogP contribution in [0.2, 0.25) is 0 Å². The lowest BCUT2D eigenvalue weighted by Gasteiger charge is -2.32. The van der Waals surface area contributed by atoms with Crippen molar-refractivity contribution < 1.29 is 9.90 Å². The number of ketones is 1. The molecule has 2 aromatic rings. The highest BCUT2D eigenvalue weighted by Gasteiger charge is 2.47. The number of allylic oxidation sites excluding steroid dienone is 1. The van der Waals surface area contributed by atoms with E-state index in [1.165, 1.54) is 0 Å². The first-order chi connectivity index (χ1) is 10.1. The minimum Gasteiger partial charge on any atom is -0.380 e. The monoisotopic (exact) mass is 278 g/mol. The van der Waals surface area contributed by atoms with Crippen molar-refractivity contribution in [2.75, 3.05) is 0 Å². The summed E-state index contributed by atoms with van der Waals surface area (Å²) in [5.41, 5.74) is 1.37. The number of carbonyl (C=O) groups excluding carboxylic acids is 1. The molecule has 0 saturated heterocycles. The lowest BCUT2D eigenvalue weighted by atomic mass is 9.77. The minimum absolute atomic E-state index is 0.00251. The Bertz CT molecular complexity index is 673. The molecule has 0 heterocycles. The molecule has 2 nitrogen and oxygen atoms in total. The van der Waals surface area contributed by atoms with Gasteiger partial charge in [-0.3, -0.25) is 4.79 Å². The van der Waals surface area contributed by atoms with E-state index in [4.69, 9.17) is 0 Å². The molecular weight excluding hydrogens is 260 g/mol. The average Bonchev–Trinajstić information content (AvgIpc) is 2.74. The summed E-state index contributed by atoms with van der Waals surface area (Å²) in [6.45, 7) is 1.83. The summed E-state index contributed by atoms with van der Waals surface area (Å²) in [4.78, 5) is 12.3. The van der Waals surface area contributed by atoms with Gasteiger partial charge in [0.25, 0.3) is 0 Å². The van der Waals surface area contributed by atoms with Crippen LogP contribution in [-0.4, -0.2) is 10.9 Å². The number of hydrogen-bond acceptors (Lipinski definition) is 2. The Labute approximate surface area is 124 Å². The Morgan fingerprint density at radius 2 is 1.57 bits per heavy atom. The summed E-state index contributed by atoms with van der Waals surface area (Å²) < 4.78 is 0. The van der Waals surface area contributed by atoms with Crippen molar-refractivity contribution in [1.82, 2.24) is 0 Å². The SMILES string of the molecule is CC1=CC(=O)C(Cc2ccccc2)C1(O)c1ccccc1. The van der Waals surface area contributed by atoms with Crippen LogP contribution in [0.25, 0.3) is 0 Å². The van der Waals surface area contributed by atoms with Gasteiger partial charge in [-0.15, -0.1) is 0 Å². The van der Waals surface area contributed by atoms with E-state index < -0.39 is 11.5 Å². The van der Waals surface area contributed by atoms with Crippen molar-refractivity contribution in [1.29, 1.82) is 0 Å². The summed E-state index contributed by atoms with van der Waals surface area (Å²) in [5, 5.41) is 11.2. The zero-order valence-electron chi connectivity index (χ0n) is 12.0.